The van der Waals surface area contributed by atoms with Crippen LogP contribution in [0.3, 0.4) is 0 Å². The minimum Gasteiger partial charge on any atom is -0.400 e. The molecule has 1 N–H and O–H groups in total. The van der Waals surface area contributed by atoms with Crippen LogP contribution >= 0.6 is 0 Å². The Morgan fingerprint density at radius 2 is 1.22 bits per heavy atom. The van der Waals surface area contributed by atoms with Gasteiger partial charge < -0.3 is 5.11 Å². The molecule has 2 rings (SSSR count). The number of hydrogen-bond donors (Lipinski definition) is 1. The standard InChI is InChI=1S/C19H20O2.2C2H6.CH4O/c1-12-10-17(15(4)14(3)13(12)2)19(21)11-18(20)16-8-6-5-7-9-16;3*1-2/h5-10H,11H2,1-4H3;2*1-2H3;2H,1H3. The summed E-state index contributed by atoms with van der Waals surface area (Å²) < 4.78 is 0. The molecule has 0 bridgehead atoms. The van der Waals surface area contributed by atoms with Crippen LogP contribution in [0, 0.1) is 27.7 Å². The quantitative estimate of drug-likeness (QED) is 0.526. The smallest absolute Gasteiger partial charge is 0.170 e. The van der Waals surface area contributed by atoms with Crippen LogP contribution in [0.4, 0.5) is 0 Å². The Morgan fingerprint density at radius 1 is 0.741 bits per heavy atom. The maximum absolute atomic E-state index is 12.4. The number of ketones is 2. The number of hydrogen-bond acceptors (Lipinski definition) is 3. The van der Waals surface area contributed by atoms with Crippen molar-refractivity contribution in [3.05, 3.63) is 69.8 Å². The van der Waals surface area contributed by atoms with E-state index < -0.39 is 0 Å². The van der Waals surface area contributed by atoms with Gasteiger partial charge in [-0.3, -0.25) is 9.59 Å². The minimum absolute atomic E-state index is 0.0766. The molecule has 0 amide bonds. The Labute approximate surface area is 165 Å². The van der Waals surface area contributed by atoms with Gasteiger partial charge in [-0.2, -0.15) is 0 Å². The van der Waals surface area contributed by atoms with Crippen molar-refractivity contribution in [2.75, 3.05) is 7.11 Å². The molecule has 0 radical (unpaired) electrons. The van der Waals surface area contributed by atoms with Crippen molar-refractivity contribution in [2.24, 2.45) is 0 Å². The van der Waals surface area contributed by atoms with E-state index in [-0.39, 0.29) is 18.0 Å². The normalized spacial score (nSPS) is 8.81. The van der Waals surface area contributed by atoms with Crippen molar-refractivity contribution >= 4 is 11.6 Å². The molecule has 0 heterocycles. The number of Topliss-reactive ketones (excluding diaryl/α,β-unsaturated/α-hetero) is 2. The fraction of sp³-hybridized carbons (Fsp3) is 0.417. The topological polar surface area (TPSA) is 54.4 Å². The number of aliphatic hydroxyl groups excluding tert-OH is 1. The van der Waals surface area contributed by atoms with Crippen molar-refractivity contribution in [1.29, 1.82) is 0 Å². The van der Waals surface area contributed by atoms with Crippen LogP contribution in [0.25, 0.3) is 0 Å². The Hall–Kier alpha value is -2.26. The summed E-state index contributed by atoms with van der Waals surface area (Å²) in [5.41, 5.74) is 5.66. The van der Waals surface area contributed by atoms with Crippen molar-refractivity contribution < 1.29 is 14.7 Å². The second kappa shape index (κ2) is 14.9. The van der Waals surface area contributed by atoms with Gasteiger partial charge in [0, 0.05) is 18.2 Å². The van der Waals surface area contributed by atoms with E-state index in [4.69, 9.17) is 5.11 Å². The average Bonchev–Trinajstić information content (AvgIpc) is 2.74. The molecule has 0 aliphatic rings. The molecule has 0 unspecified atom stereocenters. The molecule has 0 aliphatic carbocycles. The maximum atomic E-state index is 12.4. The largest absolute Gasteiger partial charge is 0.400 e. The number of carbonyl (C=O) groups is 2. The fourth-order valence-corrected chi connectivity index (χ4v) is 2.47. The Morgan fingerprint density at radius 3 is 1.70 bits per heavy atom. The van der Waals surface area contributed by atoms with Crippen LogP contribution in [0.15, 0.2) is 36.4 Å². The lowest BCUT2D eigenvalue weighted by Crippen LogP contribution is -2.11. The van der Waals surface area contributed by atoms with Crippen LogP contribution in [0.2, 0.25) is 0 Å². The molecule has 150 valence electrons. The number of rotatable bonds is 4. The summed E-state index contributed by atoms with van der Waals surface area (Å²) >= 11 is 0. The molecule has 0 saturated carbocycles. The zero-order valence-corrected chi connectivity index (χ0v) is 18.4. The third-order valence-corrected chi connectivity index (χ3v) is 4.20. The first-order chi connectivity index (χ1) is 12.9. The Balaban J connectivity index is 0. The molecular weight excluding hydrogens is 336 g/mol. The minimum atomic E-state index is -0.129. The lowest BCUT2D eigenvalue weighted by Gasteiger charge is -2.13. The lowest BCUT2D eigenvalue weighted by molar-refractivity contribution is 0.0894. The average molecular weight is 373 g/mol. The highest BCUT2D eigenvalue weighted by molar-refractivity contribution is 6.14. The lowest BCUT2D eigenvalue weighted by atomic mass is 9.91. The molecule has 0 atom stereocenters. The van der Waals surface area contributed by atoms with E-state index in [0.29, 0.717) is 11.1 Å². The highest BCUT2D eigenvalue weighted by atomic mass is 16.2. The van der Waals surface area contributed by atoms with Crippen LogP contribution in [0.1, 0.15) is 77.1 Å². The summed E-state index contributed by atoms with van der Waals surface area (Å²) in [6, 6.07) is 10.9. The first-order valence-electron chi connectivity index (χ1n) is 9.55. The van der Waals surface area contributed by atoms with Gasteiger partial charge >= 0.3 is 0 Å². The van der Waals surface area contributed by atoms with E-state index in [1.165, 1.54) is 5.56 Å². The number of benzene rings is 2. The third kappa shape index (κ3) is 7.88. The third-order valence-electron chi connectivity index (χ3n) is 4.20. The van der Waals surface area contributed by atoms with E-state index >= 15 is 0 Å². The summed E-state index contributed by atoms with van der Waals surface area (Å²) in [6.45, 7) is 16.0. The first-order valence-corrected chi connectivity index (χ1v) is 9.55. The van der Waals surface area contributed by atoms with E-state index in [9.17, 15) is 9.59 Å². The molecule has 0 aliphatic heterocycles. The molecule has 0 fully saturated rings. The maximum Gasteiger partial charge on any atom is 0.170 e. The molecule has 2 aromatic rings. The van der Waals surface area contributed by atoms with Gasteiger partial charge in [0.25, 0.3) is 0 Å². The summed E-state index contributed by atoms with van der Waals surface area (Å²) in [5, 5.41) is 7.00. The predicted molar refractivity (Wildman–Crippen MR) is 116 cm³/mol. The number of aliphatic hydroxyl groups is 1. The molecule has 0 spiro atoms. The van der Waals surface area contributed by atoms with Gasteiger partial charge in [-0.05, 0) is 56.0 Å². The molecular formula is C24H36O3. The zero-order valence-electron chi connectivity index (χ0n) is 18.4. The van der Waals surface area contributed by atoms with Crippen molar-refractivity contribution in [2.45, 2.75) is 61.8 Å². The van der Waals surface area contributed by atoms with Crippen molar-refractivity contribution in [3.63, 3.8) is 0 Å². The second-order valence-electron chi connectivity index (χ2n) is 5.51. The van der Waals surface area contributed by atoms with Crippen LogP contribution in [-0.4, -0.2) is 23.8 Å². The molecule has 2 aromatic carbocycles. The fourth-order valence-electron chi connectivity index (χ4n) is 2.47. The van der Waals surface area contributed by atoms with Gasteiger partial charge in [0.15, 0.2) is 11.6 Å². The van der Waals surface area contributed by atoms with Gasteiger partial charge in [0.1, 0.15) is 0 Å². The van der Waals surface area contributed by atoms with E-state index in [1.54, 1.807) is 12.1 Å². The van der Waals surface area contributed by atoms with Gasteiger partial charge in [-0.25, -0.2) is 0 Å². The number of carbonyl (C=O) groups excluding carboxylic acids is 2. The molecule has 3 nitrogen and oxygen atoms in total. The van der Waals surface area contributed by atoms with Gasteiger partial charge in [0.2, 0.25) is 0 Å². The van der Waals surface area contributed by atoms with Gasteiger partial charge in [0.05, 0.1) is 6.42 Å². The van der Waals surface area contributed by atoms with Crippen LogP contribution in [-0.2, 0) is 0 Å². The number of aryl methyl sites for hydroxylation is 1. The highest BCUT2D eigenvalue weighted by Crippen LogP contribution is 2.22. The molecule has 0 saturated heterocycles. The predicted octanol–water partition coefficient (Wildman–Crippen LogP) is 6.04. The first kappa shape index (κ1) is 27.0. The second-order valence-corrected chi connectivity index (χ2v) is 5.51. The Kier molecular flexibility index (Phi) is 14.8. The van der Waals surface area contributed by atoms with E-state index in [2.05, 4.69) is 6.92 Å². The van der Waals surface area contributed by atoms with E-state index in [0.717, 1.165) is 23.8 Å². The van der Waals surface area contributed by atoms with Crippen molar-refractivity contribution in [1.82, 2.24) is 0 Å². The zero-order chi connectivity index (χ0) is 21.6. The summed E-state index contributed by atoms with van der Waals surface area (Å²) in [4.78, 5) is 24.6. The molecule has 0 aromatic heterocycles. The van der Waals surface area contributed by atoms with Crippen LogP contribution < -0.4 is 0 Å². The monoisotopic (exact) mass is 372 g/mol. The van der Waals surface area contributed by atoms with Crippen molar-refractivity contribution in [3.8, 4) is 0 Å². The molecule has 3 heteroatoms. The van der Waals surface area contributed by atoms with Crippen LogP contribution in [0.5, 0.6) is 0 Å². The SMILES string of the molecule is CC.CC.CO.Cc1cc(C(=O)CC(=O)c2ccccc2)c(C)c(C)c1C. The summed E-state index contributed by atoms with van der Waals surface area (Å²) in [6.07, 6.45) is -0.0766. The van der Waals surface area contributed by atoms with E-state index in [1.807, 2.05) is 72.7 Å². The Bertz CT molecular complexity index is 701. The summed E-state index contributed by atoms with van der Waals surface area (Å²) in [5.74, 6) is -0.233. The van der Waals surface area contributed by atoms with Gasteiger partial charge in [-0.1, -0.05) is 58.0 Å². The van der Waals surface area contributed by atoms with Gasteiger partial charge in [-0.15, -0.1) is 0 Å². The summed E-state index contributed by atoms with van der Waals surface area (Å²) in [7, 11) is 1.00. The molecule has 27 heavy (non-hydrogen) atoms. The highest BCUT2D eigenvalue weighted by Gasteiger charge is 2.17.